The summed E-state index contributed by atoms with van der Waals surface area (Å²) < 4.78 is 24.8. The van der Waals surface area contributed by atoms with Crippen molar-refractivity contribution >= 4 is 15.8 Å². The summed E-state index contributed by atoms with van der Waals surface area (Å²) in [5.74, 6) is 2.49. The van der Waals surface area contributed by atoms with Gasteiger partial charge in [-0.25, -0.2) is 8.42 Å². The fraction of sp³-hybridized carbons (Fsp3) is 0.632. The van der Waals surface area contributed by atoms with Gasteiger partial charge in [-0.1, -0.05) is 31.0 Å². The normalized spacial score (nSPS) is 24.2. The molecule has 0 bridgehead atoms. The molecule has 2 aliphatic rings. The van der Waals surface area contributed by atoms with Crippen LogP contribution in [0, 0.1) is 11.8 Å². The Kier molecular flexibility index (Phi) is 5.99. The van der Waals surface area contributed by atoms with Gasteiger partial charge in [0.2, 0.25) is 0 Å². The Bertz CT molecular complexity index is 674. The Balaban J connectivity index is 1.63. The van der Waals surface area contributed by atoms with Crippen LogP contribution in [-0.2, 0) is 9.84 Å². The molecule has 0 spiro atoms. The lowest BCUT2D eigenvalue weighted by Gasteiger charge is -2.22. The molecule has 5 nitrogen and oxygen atoms in total. The molecular weight excluding hydrogens is 334 g/mol. The molecule has 1 aliphatic carbocycles. The SMILES string of the molecule is CCNC(=NCCS(=O)(=O)c1ccccc1)N1CC2CCCCC2C1. The molecule has 3 rings (SSSR count). The maximum Gasteiger partial charge on any atom is 0.193 e. The lowest BCUT2D eigenvalue weighted by atomic mass is 9.82. The molecule has 1 aromatic carbocycles. The molecule has 2 fully saturated rings. The molecule has 1 aliphatic heterocycles. The summed E-state index contributed by atoms with van der Waals surface area (Å²) in [6.07, 6.45) is 5.34. The summed E-state index contributed by atoms with van der Waals surface area (Å²) in [4.78, 5) is 7.33. The van der Waals surface area contributed by atoms with Gasteiger partial charge in [-0.2, -0.15) is 0 Å². The number of aliphatic imine (C=N–C) groups is 1. The Morgan fingerprint density at radius 3 is 2.40 bits per heavy atom. The zero-order valence-corrected chi connectivity index (χ0v) is 15.8. The van der Waals surface area contributed by atoms with Gasteiger partial charge in [0.25, 0.3) is 0 Å². The van der Waals surface area contributed by atoms with E-state index in [1.165, 1.54) is 25.7 Å². The Hall–Kier alpha value is -1.56. The van der Waals surface area contributed by atoms with E-state index in [1.54, 1.807) is 24.3 Å². The molecule has 1 saturated carbocycles. The summed E-state index contributed by atoms with van der Waals surface area (Å²) in [5.41, 5.74) is 0. The number of guanidine groups is 1. The largest absolute Gasteiger partial charge is 0.357 e. The van der Waals surface area contributed by atoms with E-state index in [9.17, 15) is 8.42 Å². The molecule has 1 aromatic rings. The fourth-order valence-electron chi connectivity index (χ4n) is 4.02. The summed E-state index contributed by atoms with van der Waals surface area (Å²) >= 11 is 0. The molecule has 25 heavy (non-hydrogen) atoms. The van der Waals surface area contributed by atoms with Crippen molar-refractivity contribution in [2.75, 3.05) is 31.9 Å². The van der Waals surface area contributed by atoms with Gasteiger partial charge in [-0.3, -0.25) is 4.99 Å². The number of benzene rings is 1. The van der Waals surface area contributed by atoms with Crippen LogP contribution >= 0.6 is 0 Å². The topological polar surface area (TPSA) is 61.8 Å². The fourth-order valence-corrected chi connectivity index (χ4v) is 5.16. The molecule has 0 amide bonds. The van der Waals surface area contributed by atoms with Gasteiger partial charge in [0.15, 0.2) is 15.8 Å². The summed E-state index contributed by atoms with van der Waals surface area (Å²) in [6, 6.07) is 8.64. The van der Waals surface area contributed by atoms with Crippen LogP contribution < -0.4 is 5.32 Å². The third-order valence-electron chi connectivity index (χ3n) is 5.33. The predicted octanol–water partition coefficient (Wildman–Crippen LogP) is 2.55. The third-order valence-corrected chi connectivity index (χ3v) is 7.05. The Labute approximate surface area is 151 Å². The number of fused-ring (bicyclic) bond motifs is 1. The number of likely N-dealkylation sites (tertiary alicyclic amines) is 1. The van der Waals surface area contributed by atoms with Crippen LogP contribution in [0.1, 0.15) is 32.6 Å². The lowest BCUT2D eigenvalue weighted by molar-refractivity contribution is 0.299. The van der Waals surface area contributed by atoms with Gasteiger partial charge in [0.05, 0.1) is 17.2 Å². The van der Waals surface area contributed by atoms with Crippen molar-refractivity contribution in [2.45, 2.75) is 37.5 Å². The van der Waals surface area contributed by atoms with E-state index in [4.69, 9.17) is 0 Å². The van der Waals surface area contributed by atoms with E-state index in [1.807, 2.05) is 6.07 Å². The van der Waals surface area contributed by atoms with Crippen molar-refractivity contribution in [1.29, 1.82) is 0 Å². The zero-order valence-electron chi connectivity index (χ0n) is 15.0. The van der Waals surface area contributed by atoms with E-state index in [2.05, 4.69) is 22.1 Å². The van der Waals surface area contributed by atoms with E-state index in [-0.39, 0.29) is 5.75 Å². The first-order valence-electron chi connectivity index (χ1n) is 9.41. The lowest BCUT2D eigenvalue weighted by Crippen LogP contribution is -2.40. The summed E-state index contributed by atoms with van der Waals surface area (Å²) in [7, 11) is -3.27. The zero-order chi connectivity index (χ0) is 17.7. The molecule has 0 aromatic heterocycles. The van der Waals surface area contributed by atoms with Crippen molar-refractivity contribution in [3.05, 3.63) is 30.3 Å². The quantitative estimate of drug-likeness (QED) is 0.645. The summed E-state index contributed by atoms with van der Waals surface area (Å²) in [6.45, 7) is 5.27. The highest BCUT2D eigenvalue weighted by molar-refractivity contribution is 7.91. The van der Waals surface area contributed by atoms with Crippen LogP contribution in [-0.4, -0.2) is 51.2 Å². The second-order valence-electron chi connectivity index (χ2n) is 7.08. The van der Waals surface area contributed by atoms with E-state index >= 15 is 0 Å². The average molecular weight is 364 g/mol. The molecule has 1 N–H and O–H groups in total. The standard InChI is InChI=1S/C19H29N3O2S/c1-2-20-19(22-14-16-8-6-7-9-17(16)15-22)21-12-13-25(23,24)18-10-4-3-5-11-18/h3-5,10-11,16-17H,2,6-9,12-15H2,1H3,(H,20,21). The van der Waals surface area contributed by atoms with Gasteiger partial charge < -0.3 is 10.2 Å². The summed E-state index contributed by atoms with van der Waals surface area (Å²) in [5, 5.41) is 3.34. The minimum Gasteiger partial charge on any atom is -0.357 e. The molecule has 138 valence electrons. The first kappa shape index (κ1) is 18.2. The number of rotatable bonds is 5. The second kappa shape index (κ2) is 8.21. The van der Waals surface area contributed by atoms with Gasteiger partial charge in [-0.15, -0.1) is 0 Å². The highest BCUT2D eigenvalue weighted by Gasteiger charge is 2.35. The number of hydrogen-bond acceptors (Lipinski definition) is 3. The molecule has 2 atom stereocenters. The van der Waals surface area contributed by atoms with E-state index in [0.29, 0.717) is 11.4 Å². The van der Waals surface area contributed by atoms with Crippen LogP contribution in [0.3, 0.4) is 0 Å². The number of hydrogen-bond donors (Lipinski definition) is 1. The number of nitrogens with zero attached hydrogens (tertiary/aromatic N) is 2. The van der Waals surface area contributed by atoms with Crippen LogP contribution in [0.5, 0.6) is 0 Å². The van der Waals surface area contributed by atoms with Crippen LogP contribution in [0.2, 0.25) is 0 Å². The first-order valence-corrected chi connectivity index (χ1v) is 11.1. The monoisotopic (exact) mass is 363 g/mol. The van der Waals surface area contributed by atoms with Crippen molar-refractivity contribution < 1.29 is 8.42 Å². The average Bonchev–Trinajstić information content (AvgIpc) is 3.06. The molecular formula is C19H29N3O2S. The van der Waals surface area contributed by atoms with Crippen molar-refractivity contribution in [2.24, 2.45) is 16.8 Å². The Morgan fingerprint density at radius 2 is 1.80 bits per heavy atom. The second-order valence-corrected chi connectivity index (χ2v) is 9.19. The van der Waals surface area contributed by atoms with E-state index < -0.39 is 9.84 Å². The molecule has 1 heterocycles. The van der Waals surface area contributed by atoms with Crippen LogP contribution in [0.25, 0.3) is 0 Å². The highest BCUT2D eigenvalue weighted by Crippen LogP contribution is 2.35. The van der Waals surface area contributed by atoms with Gasteiger partial charge in [0, 0.05) is 19.6 Å². The third kappa shape index (κ3) is 4.54. The maximum atomic E-state index is 12.4. The molecule has 2 unspecified atom stereocenters. The predicted molar refractivity (Wildman–Crippen MR) is 101 cm³/mol. The van der Waals surface area contributed by atoms with Crippen molar-refractivity contribution in [3.8, 4) is 0 Å². The molecule has 0 radical (unpaired) electrons. The number of sulfone groups is 1. The minimum atomic E-state index is -3.27. The van der Waals surface area contributed by atoms with Gasteiger partial charge in [0.1, 0.15) is 0 Å². The first-order chi connectivity index (χ1) is 12.1. The van der Waals surface area contributed by atoms with Crippen LogP contribution in [0.15, 0.2) is 40.2 Å². The maximum absolute atomic E-state index is 12.4. The van der Waals surface area contributed by atoms with Crippen molar-refractivity contribution in [1.82, 2.24) is 10.2 Å². The minimum absolute atomic E-state index is 0.0482. The smallest absolute Gasteiger partial charge is 0.193 e. The Morgan fingerprint density at radius 1 is 1.16 bits per heavy atom. The van der Waals surface area contributed by atoms with E-state index in [0.717, 1.165) is 37.4 Å². The molecule has 1 saturated heterocycles. The molecule has 6 heteroatoms. The van der Waals surface area contributed by atoms with Crippen molar-refractivity contribution in [3.63, 3.8) is 0 Å². The highest BCUT2D eigenvalue weighted by atomic mass is 32.2. The number of nitrogens with one attached hydrogen (secondary N) is 1. The van der Waals surface area contributed by atoms with Crippen LogP contribution in [0.4, 0.5) is 0 Å². The van der Waals surface area contributed by atoms with Gasteiger partial charge >= 0.3 is 0 Å². The van der Waals surface area contributed by atoms with Gasteiger partial charge in [-0.05, 0) is 43.7 Å².